The van der Waals surface area contributed by atoms with Crippen LogP contribution in [0, 0.1) is 0 Å². The zero-order valence-corrected chi connectivity index (χ0v) is 14.5. The minimum Gasteiger partial charge on any atom is -0.330 e. The molecule has 1 aromatic heterocycles. The van der Waals surface area contributed by atoms with Crippen molar-refractivity contribution >= 4 is 28.5 Å². The van der Waals surface area contributed by atoms with Crippen LogP contribution in [-0.4, -0.2) is 25.5 Å². The van der Waals surface area contributed by atoms with Crippen LogP contribution in [0.5, 0.6) is 0 Å². The van der Waals surface area contributed by atoms with Crippen molar-refractivity contribution in [2.24, 2.45) is 5.73 Å². The van der Waals surface area contributed by atoms with Gasteiger partial charge in [-0.2, -0.15) is 0 Å². The van der Waals surface area contributed by atoms with Crippen molar-refractivity contribution in [1.82, 2.24) is 5.32 Å². The van der Waals surface area contributed by atoms with Crippen molar-refractivity contribution in [1.29, 1.82) is 0 Å². The first-order valence-electron chi connectivity index (χ1n) is 8.36. The average Bonchev–Trinajstić information content (AvgIpc) is 3.12. The van der Waals surface area contributed by atoms with E-state index in [0.717, 1.165) is 42.9 Å². The Morgan fingerprint density at radius 3 is 2.75 bits per heavy atom. The number of nitrogens with one attached hydrogen (secondary N) is 2. The van der Waals surface area contributed by atoms with Crippen LogP contribution in [0.25, 0.3) is 5.57 Å². The number of nitrogens with two attached hydrogens (primary N) is 1. The quantitative estimate of drug-likeness (QED) is 0.755. The molecule has 1 aliphatic rings. The topological polar surface area (TPSA) is 67.1 Å². The Kier molecular flexibility index (Phi) is 5.80. The van der Waals surface area contributed by atoms with Crippen molar-refractivity contribution in [3.05, 3.63) is 57.8 Å². The summed E-state index contributed by atoms with van der Waals surface area (Å²) in [7, 11) is 0. The van der Waals surface area contributed by atoms with E-state index in [1.807, 2.05) is 36.4 Å². The van der Waals surface area contributed by atoms with E-state index < -0.39 is 0 Å². The number of carbonyl (C=O) groups excluding carboxylic acids is 1. The van der Waals surface area contributed by atoms with Crippen LogP contribution < -0.4 is 16.4 Å². The van der Waals surface area contributed by atoms with Crippen molar-refractivity contribution in [2.45, 2.75) is 19.3 Å². The zero-order valence-electron chi connectivity index (χ0n) is 13.7. The first kappa shape index (κ1) is 16.9. The Hall–Kier alpha value is -1.95. The van der Waals surface area contributed by atoms with Gasteiger partial charge in [0, 0.05) is 17.1 Å². The summed E-state index contributed by atoms with van der Waals surface area (Å²) in [5.74, 6) is -0.0458. The maximum absolute atomic E-state index is 12.4. The number of benzene rings is 1. The lowest BCUT2D eigenvalue weighted by atomic mass is 10.1. The van der Waals surface area contributed by atoms with E-state index in [1.165, 1.54) is 16.0 Å². The summed E-state index contributed by atoms with van der Waals surface area (Å²) < 4.78 is 0. The molecule has 0 radical (unpaired) electrons. The van der Waals surface area contributed by atoms with Gasteiger partial charge in [-0.1, -0.05) is 18.2 Å². The average molecular weight is 341 g/mol. The third-order valence-corrected chi connectivity index (χ3v) is 5.25. The van der Waals surface area contributed by atoms with Gasteiger partial charge >= 0.3 is 0 Å². The molecule has 0 aliphatic carbocycles. The molecule has 3 rings (SSSR count). The molecule has 4 N–H and O–H groups in total. The summed E-state index contributed by atoms with van der Waals surface area (Å²) in [6.07, 6.45) is 5.18. The van der Waals surface area contributed by atoms with Gasteiger partial charge in [-0.3, -0.25) is 4.79 Å². The highest BCUT2D eigenvalue weighted by Gasteiger charge is 2.13. The summed E-state index contributed by atoms with van der Waals surface area (Å²) in [5.41, 5.74) is 8.94. The molecule has 0 fully saturated rings. The summed E-state index contributed by atoms with van der Waals surface area (Å²) in [5, 5.41) is 6.28. The van der Waals surface area contributed by atoms with Gasteiger partial charge in [-0.05, 0) is 67.8 Å². The van der Waals surface area contributed by atoms with Crippen molar-refractivity contribution in [3.63, 3.8) is 0 Å². The Morgan fingerprint density at radius 2 is 2.04 bits per heavy atom. The van der Waals surface area contributed by atoms with Crippen molar-refractivity contribution < 1.29 is 4.79 Å². The minimum atomic E-state index is -0.0458. The lowest BCUT2D eigenvalue weighted by molar-refractivity contribution is 0.103. The summed E-state index contributed by atoms with van der Waals surface area (Å²) in [6, 6.07) is 12.0. The molecule has 0 bridgehead atoms. The summed E-state index contributed by atoms with van der Waals surface area (Å²) >= 11 is 1.56. The predicted octanol–water partition coefficient (Wildman–Crippen LogP) is 3.27. The molecule has 2 aromatic rings. The van der Waals surface area contributed by atoms with Crippen molar-refractivity contribution in [2.75, 3.05) is 25.0 Å². The van der Waals surface area contributed by atoms with Crippen LogP contribution in [0.1, 0.15) is 33.0 Å². The van der Waals surface area contributed by atoms with Gasteiger partial charge in [0.05, 0.1) is 4.88 Å². The van der Waals surface area contributed by atoms with Crippen LogP contribution in [0.3, 0.4) is 0 Å². The third kappa shape index (κ3) is 4.32. The zero-order chi connectivity index (χ0) is 16.8. The molecule has 2 heterocycles. The van der Waals surface area contributed by atoms with E-state index in [2.05, 4.69) is 16.7 Å². The van der Waals surface area contributed by atoms with E-state index in [0.29, 0.717) is 6.54 Å². The number of carbonyl (C=O) groups is 1. The van der Waals surface area contributed by atoms with Gasteiger partial charge in [0.1, 0.15) is 0 Å². The molecule has 126 valence electrons. The molecule has 1 aliphatic heterocycles. The van der Waals surface area contributed by atoms with E-state index in [1.54, 1.807) is 11.3 Å². The fourth-order valence-corrected chi connectivity index (χ4v) is 3.70. The first-order chi connectivity index (χ1) is 11.8. The molecule has 0 unspecified atom stereocenters. The van der Waals surface area contributed by atoms with E-state index in [4.69, 9.17) is 5.73 Å². The number of rotatable bonds is 6. The summed E-state index contributed by atoms with van der Waals surface area (Å²) in [4.78, 5) is 14.4. The second-order valence-electron chi connectivity index (χ2n) is 5.89. The van der Waals surface area contributed by atoms with Crippen LogP contribution in [-0.2, 0) is 6.42 Å². The van der Waals surface area contributed by atoms with Crippen LogP contribution in [0.2, 0.25) is 0 Å². The predicted molar refractivity (Wildman–Crippen MR) is 102 cm³/mol. The van der Waals surface area contributed by atoms with Crippen molar-refractivity contribution in [3.8, 4) is 0 Å². The Morgan fingerprint density at radius 1 is 1.21 bits per heavy atom. The fraction of sp³-hybridized carbons (Fsp3) is 0.316. The number of hydrogen-bond donors (Lipinski definition) is 3. The molecule has 0 spiro atoms. The SMILES string of the molecule is NCCCc1ccc(NC(=O)c2ccc(C3=CCNCC3)s2)cc1. The minimum absolute atomic E-state index is 0.0458. The third-order valence-electron chi connectivity index (χ3n) is 4.09. The fourth-order valence-electron chi connectivity index (χ4n) is 2.73. The molecule has 0 saturated carbocycles. The maximum atomic E-state index is 12.4. The lowest BCUT2D eigenvalue weighted by Crippen LogP contribution is -2.19. The highest BCUT2D eigenvalue weighted by Crippen LogP contribution is 2.28. The number of thiophene rings is 1. The Labute approximate surface area is 146 Å². The number of amides is 1. The van der Waals surface area contributed by atoms with Gasteiger partial charge in [0.25, 0.3) is 5.91 Å². The lowest BCUT2D eigenvalue weighted by Gasteiger charge is -2.12. The van der Waals surface area contributed by atoms with E-state index in [9.17, 15) is 4.79 Å². The Balaban J connectivity index is 1.62. The van der Waals surface area contributed by atoms with Gasteiger partial charge < -0.3 is 16.4 Å². The highest BCUT2D eigenvalue weighted by molar-refractivity contribution is 7.15. The molecule has 1 amide bonds. The van der Waals surface area contributed by atoms with Gasteiger partial charge in [0.15, 0.2) is 0 Å². The van der Waals surface area contributed by atoms with Crippen LogP contribution in [0.4, 0.5) is 5.69 Å². The summed E-state index contributed by atoms with van der Waals surface area (Å²) in [6.45, 7) is 2.61. The smallest absolute Gasteiger partial charge is 0.265 e. The standard InChI is InChI=1S/C19H23N3OS/c20-11-1-2-14-3-5-16(6-4-14)22-19(23)18-8-7-17(24-18)15-9-12-21-13-10-15/h3-9,21H,1-2,10-13,20H2,(H,22,23). The number of hydrogen-bond acceptors (Lipinski definition) is 4. The Bertz CT molecular complexity index is 718. The molecule has 0 saturated heterocycles. The first-order valence-corrected chi connectivity index (χ1v) is 9.18. The largest absolute Gasteiger partial charge is 0.330 e. The van der Waals surface area contributed by atoms with Gasteiger partial charge in [-0.15, -0.1) is 11.3 Å². The molecule has 4 nitrogen and oxygen atoms in total. The number of anilines is 1. The molecule has 24 heavy (non-hydrogen) atoms. The molecular weight excluding hydrogens is 318 g/mol. The van der Waals surface area contributed by atoms with E-state index in [-0.39, 0.29) is 5.91 Å². The second kappa shape index (κ2) is 8.24. The molecule has 0 atom stereocenters. The second-order valence-corrected chi connectivity index (χ2v) is 6.97. The number of aryl methyl sites for hydroxylation is 1. The van der Waals surface area contributed by atoms with Gasteiger partial charge in [-0.25, -0.2) is 0 Å². The van der Waals surface area contributed by atoms with E-state index >= 15 is 0 Å². The maximum Gasteiger partial charge on any atom is 0.265 e. The molecule has 5 heteroatoms. The van der Waals surface area contributed by atoms with Gasteiger partial charge in [0.2, 0.25) is 0 Å². The monoisotopic (exact) mass is 341 g/mol. The molecular formula is C19H23N3OS. The highest BCUT2D eigenvalue weighted by atomic mass is 32.1. The van der Waals surface area contributed by atoms with Crippen LogP contribution >= 0.6 is 11.3 Å². The molecule has 1 aromatic carbocycles. The van der Waals surface area contributed by atoms with Crippen LogP contribution in [0.15, 0.2) is 42.5 Å². The normalized spacial score (nSPS) is 14.3.